The molecule has 0 aliphatic heterocycles. The molecule has 0 saturated heterocycles. The molecule has 9 heavy (non-hydrogen) atoms. The summed E-state index contributed by atoms with van der Waals surface area (Å²) in [4.78, 5) is 0. The minimum Gasteiger partial charge on any atom is -0.480 e. The van der Waals surface area contributed by atoms with Crippen LogP contribution >= 0.6 is 0 Å². The molecule has 3 heteroatoms. The quantitative estimate of drug-likeness (QED) is 0.507. The van der Waals surface area contributed by atoms with Crippen molar-refractivity contribution in [1.29, 1.82) is 0 Å². The highest BCUT2D eigenvalue weighted by Gasteiger charge is 1.95. The van der Waals surface area contributed by atoms with Crippen LogP contribution in [-0.2, 0) is 0 Å². The number of aliphatic hydroxyl groups excluding tert-OH is 1. The zero-order chi connectivity index (χ0) is 7.28. The fourth-order valence-corrected chi connectivity index (χ4v) is 0.479. The molecule has 54 valence electrons. The molecule has 0 aromatic carbocycles. The van der Waals surface area contributed by atoms with Gasteiger partial charge in [-0.05, 0) is 12.8 Å². The van der Waals surface area contributed by atoms with Crippen molar-refractivity contribution in [3.05, 3.63) is 11.6 Å². The first-order valence-electron chi connectivity index (χ1n) is 3.05. The van der Waals surface area contributed by atoms with Gasteiger partial charge in [-0.3, -0.25) is 0 Å². The molecule has 0 aliphatic rings. The Morgan fingerprint density at radius 3 is 2.33 bits per heavy atom. The van der Waals surface area contributed by atoms with Crippen molar-refractivity contribution < 1.29 is 10.2 Å². The van der Waals surface area contributed by atoms with E-state index >= 15 is 0 Å². The number of hydrogen-bond donors (Lipinski definition) is 3. The number of hydrogen-bond acceptors (Lipinski definition) is 3. The summed E-state index contributed by atoms with van der Waals surface area (Å²) in [5.41, 5.74) is 5.36. The smallest absolute Gasteiger partial charge is 0.293 e. The molecule has 0 heterocycles. The maximum absolute atomic E-state index is 8.36. The van der Waals surface area contributed by atoms with E-state index in [9.17, 15) is 0 Å². The molecular weight excluding hydrogens is 118 g/mol. The van der Waals surface area contributed by atoms with Crippen LogP contribution in [0.25, 0.3) is 0 Å². The van der Waals surface area contributed by atoms with Gasteiger partial charge in [0.05, 0.1) is 5.70 Å². The summed E-state index contributed by atoms with van der Waals surface area (Å²) in [6.07, 6.45) is 2.48. The van der Waals surface area contributed by atoms with Crippen LogP contribution in [-0.4, -0.2) is 10.2 Å². The van der Waals surface area contributed by atoms with Crippen LogP contribution in [0.3, 0.4) is 0 Å². The van der Waals surface area contributed by atoms with Crippen molar-refractivity contribution in [1.82, 2.24) is 0 Å². The molecule has 0 rings (SSSR count). The van der Waals surface area contributed by atoms with Gasteiger partial charge >= 0.3 is 0 Å². The molecule has 4 N–H and O–H groups in total. The second-order valence-electron chi connectivity index (χ2n) is 1.95. The maximum Gasteiger partial charge on any atom is 0.293 e. The predicted molar refractivity (Wildman–Crippen MR) is 36.0 cm³/mol. The van der Waals surface area contributed by atoms with Crippen molar-refractivity contribution in [2.24, 2.45) is 5.73 Å². The third kappa shape index (κ3) is 3.70. The molecule has 3 nitrogen and oxygen atoms in total. The van der Waals surface area contributed by atoms with Crippen molar-refractivity contribution in [2.75, 3.05) is 0 Å². The molecule has 0 aromatic rings. The summed E-state index contributed by atoms with van der Waals surface area (Å²) < 4.78 is 0. The lowest BCUT2D eigenvalue weighted by molar-refractivity contribution is 0.182. The van der Waals surface area contributed by atoms with Gasteiger partial charge in [0.15, 0.2) is 0 Å². The zero-order valence-corrected chi connectivity index (χ0v) is 5.59. The Morgan fingerprint density at radius 1 is 1.44 bits per heavy atom. The Kier molecular flexibility index (Phi) is 3.67. The molecule has 0 aromatic heterocycles. The van der Waals surface area contributed by atoms with Crippen LogP contribution in [0.2, 0.25) is 0 Å². The van der Waals surface area contributed by atoms with Crippen molar-refractivity contribution in [3.63, 3.8) is 0 Å². The fraction of sp³-hybridized carbons (Fsp3) is 0.667. The Bertz CT molecular complexity index is 106. The first-order chi connectivity index (χ1) is 4.18. The van der Waals surface area contributed by atoms with E-state index in [4.69, 9.17) is 15.9 Å². The van der Waals surface area contributed by atoms with Crippen LogP contribution in [0.5, 0.6) is 0 Å². The molecule has 0 radical (unpaired) electrons. The third-order valence-electron chi connectivity index (χ3n) is 1.09. The molecule has 0 fully saturated rings. The summed E-state index contributed by atoms with van der Waals surface area (Å²) in [5.74, 6) is -0.733. The lowest BCUT2D eigenvalue weighted by Gasteiger charge is -1.97. The monoisotopic (exact) mass is 131 g/mol. The lowest BCUT2D eigenvalue weighted by Crippen LogP contribution is -2.01. The van der Waals surface area contributed by atoms with E-state index < -0.39 is 5.95 Å². The van der Waals surface area contributed by atoms with E-state index in [1.54, 1.807) is 0 Å². The first kappa shape index (κ1) is 8.14. The van der Waals surface area contributed by atoms with Gasteiger partial charge in [0, 0.05) is 0 Å². The van der Waals surface area contributed by atoms with Gasteiger partial charge in [0.1, 0.15) is 0 Å². The highest BCUT2D eigenvalue weighted by Crippen LogP contribution is 2.02. The minimum absolute atomic E-state index is 0.178. The Balaban J connectivity index is 3.50. The zero-order valence-electron chi connectivity index (χ0n) is 5.59. The van der Waals surface area contributed by atoms with Crippen molar-refractivity contribution in [3.8, 4) is 0 Å². The molecule has 0 amide bonds. The van der Waals surface area contributed by atoms with Gasteiger partial charge in [0.2, 0.25) is 0 Å². The number of aliphatic hydroxyl groups is 2. The second kappa shape index (κ2) is 4.06. The van der Waals surface area contributed by atoms with Crippen LogP contribution in [0.4, 0.5) is 0 Å². The Hall–Kier alpha value is -0.860. The van der Waals surface area contributed by atoms with Gasteiger partial charge in [0.25, 0.3) is 5.95 Å². The lowest BCUT2D eigenvalue weighted by atomic mass is 10.2. The third-order valence-corrected chi connectivity index (χ3v) is 1.09. The SMILES string of the molecule is CCCCC(N)=C(O)O. The van der Waals surface area contributed by atoms with Crippen LogP contribution in [0.15, 0.2) is 11.6 Å². The van der Waals surface area contributed by atoms with Gasteiger partial charge in [-0.1, -0.05) is 13.3 Å². The van der Waals surface area contributed by atoms with E-state index in [-0.39, 0.29) is 5.70 Å². The van der Waals surface area contributed by atoms with Gasteiger partial charge in [-0.25, -0.2) is 0 Å². The van der Waals surface area contributed by atoms with E-state index in [0.717, 1.165) is 12.8 Å². The average molecular weight is 131 g/mol. The average Bonchev–Trinajstić information content (AvgIpc) is 1.82. The molecule has 0 aliphatic carbocycles. The summed E-state index contributed by atoms with van der Waals surface area (Å²) in [6.45, 7) is 2.02. The van der Waals surface area contributed by atoms with E-state index in [2.05, 4.69) is 0 Å². The standard InChI is InChI=1S/C6H13NO2/c1-2-3-4-5(7)6(8)9/h8-9H,2-4,7H2,1H3. The number of nitrogens with two attached hydrogens (primary N) is 1. The fourth-order valence-electron chi connectivity index (χ4n) is 0.479. The highest BCUT2D eigenvalue weighted by atomic mass is 16.5. The van der Waals surface area contributed by atoms with Gasteiger partial charge < -0.3 is 15.9 Å². The van der Waals surface area contributed by atoms with Crippen LogP contribution in [0, 0.1) is 0 Å². The first-order valence-corrected chi connectivity index (χ1v) is 3.05. The molecule has 0 atom stereocenters. The van der Waals surface area contributed by atoms with Crippen molar-refractivity contribution in [2.45, 2.75) is 26.2 Å². The van der Waals surface area contributed by atoms with Gasteiger partial charge in [-0.2, -0.15) is 0 Å². The van der Waals surface area contributed by atoms with E-state index in [1.165, 1.54) is 0 Å². The Labute approximate surface area is 54.8 Å². The second-order valence-corrected chi connectivity index (χ2v) is 1.95. The highest BCUT2D eigenvalue weighted by molar-refractivity contribution is 4.94. The summed E-state index contributed by atoms with van der Waals surface area (Å²) in [5, 5.41) is 16.7. The normalized spacial score (nSPS) is 9.00. The maximum atomic E-state index is 8.36. The van der Waals surface area contributed by atoms with E-state index in [0.29, 0.717) is 6.42 Å². The van der Waals surface area contributed by atoms with Crippen molar-refractivity contribution >= 4 is 0 Å². The summed E-state index contributed by atoms with van der Waals surface area (Å²) >= 11 is 0. The summed E-state index contributed by atoms with van der Waals surface area (Å²) in [7, 11) is 0. The minimum atomic E-state index is -0.733. The molecule has 0 spiro atoms. The van der Waals surface area contributed by atoms with Crippen LogP contribution in [0.1, 0.15) is 26.2 Å². The molecular formula is C6H13NO2. The number of allylic oxidation sites excluding steroid dienone is 1. The number of rotatable bonds is 3. The van der Waals surface area contributed by atoms with E-state index in [1.807, 2.05) is 6.92 Å². The summed E-state index contributed by atoms with van der Waals surface area (Å²) in [6, 6.07) is 0. The molecule has 0 bridgehead atoms. The Morgan fingerprint density at radius 2 is 2.00 bits per heavy atom. The topological polar surface area (TPSA) is 66.5 Å². The molecule has 0 saturated carbocycles. The van der Waals surface area contributed by atoms with Gasteiger partial charge in [-0.15, -0.1) is 0 Å². The molecule has 0 unspecified atom stereocenters. The van der Waals surface area contributed by atoms with Crippen LogP contribution < -0.4 is 5.73 Å². The largest absolute Gasteiger partial charge is 0.480 e. The predicted octanol–water partition coefficient (Wildman–Crippen LogP) is 1.42. The number of unbranched alkanes of at least 4 members (excludes halogenated alkanes) is 1.